The van der Waals surface area contributed by atoms with E-state index in [1.54, 1.807) is 6.92 Å². The van der Waals surface area contributed by atoms with Gasteiger partial charge in [-0.25, -0.2) is 13.5 Å². The van der Waals surface area contributed by atoms with Crippen LogP contribution < -0.4 is 0 Å². The highest BCUT2D eigenvalue weighted by Crippen LogP contribution is 2.40. The second kappa shape index (κ2) is 8.20. The first-order valence-electron chi connectivity index (χ1n) is 8.71. The zero-order valence-electron chi connectivity index (χ0n) is 15.5. The van der Waals surface area contributed by atoms with Gasteiger partial charge in [0.25, 0.3) is 12.3 Å². The van der Waals surface area contributed by atoms with Crippen molar-refractivity contribution in [2.75, 3.05) is 0 Å². The van der Waals surface area contributed by atoms with Gasteiger partial charge in [0.2, 0.25) is 5.95 Å². The molecule has 1 aliphatic rings. The van der Waals surface area contributed by atoms with Gasteiger partial charge >= 0.3 is 0 Å². The molecule has 0 spiro atoms. The summed E-state index contributed by atoms with van der Waals surface area (Å²) in [5.74, 6) is -1.99. The summed E-state index contributed by atoms with van der Waals surface area (Å²) in [4.78, 5) is 14.5. The molecule has 10 heteroatoms. The molecule has 1 aliphatic carbocycles. The first-order valence-corrected chi connectivity index (χ1v) is 9.84. The molecule has 0 aliphatic heterocycles. The first-order chi connectivity index (χ1) is 13.5. The van der Waals surface area contributed by atoms with Crippen LogP contribution >= 0.6 is 34.8 Å². The Morgan fingerprint density at radius 3 is 2.28 bits per heavy atom. The van der Waals surface area contributed by atoms with Crippen LogP contribution in [-0.2, 0) is 7.05 Å². The van der Waals surface area contributed by atoms with Gasteiger partial charge in [0, 0.05) is 23.7 Å². The number of aryl methyl sites for hydroxylation is 1. The van der Waals surface area contributed by atoms with Crippen LogP contribution in [0.15, 0.2) is 18.7 Å². The minimum Gasteiger partial charge on any atom is -0.329 e. The summed E-state index contributed by atoms with van der Waals surface area (Å²) < 4.78 is 41.8. The predicted octanol–water partition coefficient (Wildman–Crippen LogP) is 6.16. The number of rotatable bonds is 6. The summed E-state index contributed by atoms with van der Waals surface area (Å²) in [7, 11) is 1.16. The Hall–Kier alpha value is -1.70. The van der Waals surface area contributed by atoms with E-state index in [-0.39, 0.29) is 16.1 Å². The molecule has 1 unspecified atom stereocenters. The van der Waals surface area contributed by atoms with Crippen LogP contribution in [0.5, 0.6) is 0 Å². The van der Waals surface area contributed by atoms with E-state index in [1.165, 1.54) is 17.0 Å². The van der Waals surface area contributed by atoms with Gasteiger partial charge < -0.3 is 4.90 Å². The zero-order valence-corrected chi connectivity index (χ0v) is 17.8. The predicted molar refractivity (Wildman–Crippen MR) is 107 cm³/mol. The maximum absolute atomic E-state index is 14.5. The molecule has 1 saturated carbocycles. The molecule has 1 aromatic heterocycles. The maximum atomic E-state index is 14.5. The molecule has 0 bridgehead atoms. The Balaban J connectivity index is 2.02. The summed E-state index contributed by atoms with van der Waals surface area (Å²) in [6, 6.07) is 2.06. The molecule has 1 atom stereocenters. The highest BCUT2D eigenvalue weighted by Gasteiger charge is 2.41. The third kappa shape index (κ3) is 4.13. The van der Waals surface area contributed by atoms with Crippen LogP contribution in [0, 0.1) is 5.95 Å². The van der Waals surface area contributed by atoms with Crippen molar-refractivity contribution in [2.45, 2.75) is 38.3 Å². The molecule has 2 aromatic rings. The lowest BCUT2D eigenvalue weighted by Gasteiger charge is -2.31. The smallest absolute Gasteiger partial charge is 0.283 e. The average molecular weight is 467 g/mol. The Morgan fingerprint density at radius 2 is 1.79 bits per heavy atom. The van der Waals surface area contributed by atoms with E-state index >= 15 is 0 Å². The number of halogens is 6. The van der Waals surface area contributed by atoms with Crippen molar-refractivity contribution in [1.29, 1.82) is 0 Å². The second-order valence-electron chi connectivity index (χ2n) is 6.86. The van der Waals surface area contributed by atoms with Crippen LogP contribution in [0.1, 0.15) is 47.8 Å². The molecule has 0 radical (unpaired) electrons. The molecule has 4 nitrogen and oxygen atoms in total. The molecule has 156 valence electrons. The minimum absolute atomic E-state index is 0.232. The Bertz CT molecular complexity index is 966. The van der Waals surface area contributed by atoms with Gasteiger partial charge in [-0.1, -0.05) is 41.4 Å². The van der Waals surface area contributed by atoms with Crippen molar-refractivity contribution >= 4 is 46.3 Å². The van der Waals surface area contributed by atoms with Crippen LogP contribution in [0.3, 0.4) is 0 Å². The molecule has 1 aromatic carbocycles. The maximum Gasteiger partial charge on any atom is 0.283 e. The number of carbonyl (C=O) groups is 1. The number of alkyl halides is 2. The van der Waals surface area contributed by atoms with E-state index < -0.39 is 35.6 Å². The van der Waals surface area contributed by atoms with Crippen molar-refractivity contribution < 1.29 is 18.0 Å². The number of hydrogen-bond donors (Lipinski definition) is 0. The lowest BCUT2D eigenvalue weighted by atomic mass is 9.99. The van der Waals surface area contributed by atoms with Gasteiger partial charge in [-0.05, 0) is 37.5 Å². The molecule has 29 heavy (non-hydrogen) atoms. The third-order valence-corrected chi connectivity index (χ3v) is 5.66. The molecule has 0 N–H and O–H groups in total. The number of benzene rings is 1. The molecule has 3 rings (SSSR count). The fourth-order valence-corrected chi connectivity index (χ4v) is 4.30. The number of aromatic nitrogens is 2. The SMILES string of the molecule is C=C(c1c(Cl)cc(Cl)cc1Cl)C(C)N(C(=O)c1c(C(F)F)nn(C)c1F)C1CC1. The molecule has 1 fully saturated rings. The zero-order chi connectivity index (χ0) is 21.6. The molecule has 1 heterocycles. The van der Waals surface area contributed by atoms with Gasteiger partial charge in [0.1, 0.15) is 11.3 Å². The van der Waals surface area contributed by atoms with E-state index in [1.807, 2.05) is 0 Å². The van der Waals surface area contributed by atoms with Gasteiger partial charge in [-0.2, -0.15) is 9.49 Å². The van der Waals surface area contributed by atoms with Crippen LogP contribution in [-0.4, -0.2) is 32.7 Å². The minimum atomic E-state index is -3.09. The summed E-state index contributed by atoms with van der Waals surface area (Å²) >= 11 is 18.5. The van der Waals surface area contributed by atoms with Crippen LogP contribution in [0.25, 0.3) is 5.57 Å². The van der Waals surface area contributed by atoms with Crippen molar-refractivity contribution in [3.8, 4) is 0 Å². The van der Waals surface area contributed by atoms with E-state index in [0.717, 1.165) is 7.05 Å². The van der Waals surface area contributed by atoms with E-state index in [4.69, 9.17) is 34.8 Å². The van der Waals surface area contributed by atoms with Crippen molar-refractivity contribution in [3.05, 3.63) is 56.5 Å². The normalized spacial score (nSPS) is 14.9. The lowest BCUT2D eigenvalue weighted by Crippen LogP contribution is -2.41. The van der Waals surface area contributed by atoms with Gasteiger partial charge in [0.15, 0.2) is 0 Å². The molecular formula is C19H17Cl3F3N3O. The van der Waals surface area contributed by atoms with E-state index in [0.29, 0.717) is 33.7 Å². The molecule has 1 amide bonds. The summed E-state index contributed by atoms with van der Waals surface area (Å²) in [6.07, 6.45) is -1.77. The topological polar surface area (TPSA) is 38.1 Å². The number of amides is 1. The Labute approximate surface area is 180 Å². The third-order valence-electron chi connectivity index (χ3n) is 4.85. The fourth-order valence-electron chi connectivity index (χ4n) is 3.24. The Kier molecular flexibility index (Phi) is 6.22. The standard InChI is InChI=1S/C19H17Cl3F3N3O/c1-8(14-12(21)6-10(20)7-13(14)22)9(2)28(11-4-5-11)19(29)15-16(17(23)24)26-27(3)18(15)25/h6-7,9,11,17H,1,4-5H2,2-3H3. The van der Waals surface area contributed by atoms with Crippen molar-refractivity contribution in [3.63, 3.8) is 0 Å². The fraction of sp³-hybridized carbons (Fsp3) is 0.368. The first kappa shape index (κ1) is 22.0. The summed E-state index contributed by atoms with van der Waals surface area (Å²) in [6.45, 7) is 5.66. The lowest BCUT2D eigenvalue weighted by molar-refractivity contribution is 0.0698. The summed E-state index contributed by atoms with van der Waals surface area (Å²) in [5, 5.41) is 4.27. The largest absolute Gasteiger partial charge is 0.329 e. The van der Waals surface area contributed by atoms with Crippen LogP contribution in [0.4, 0.5) is 13.2 Å². The highest BCUT2D eigenvalue weighted by molar-refractivity contribution is 6.40. The summed E-state index contributed by atoms with van der Waals surface area (Å²) in [5.41, 5.74) is -0.840. The number of nitrogens with zero attached hydrogens (tertiary/aromatic N) is 3. The number of carbonyl (C=O) groups excluding carboxylic acids is 1. The van der Waals surface area contributed by atoms with Crippen molar-refractivity contribution in [2.24, 2.45) is 7.05 Å². The highest BCUT2D eigenvalue weighted by atomic mass is 35.5. The van der Waals surface area contributed by atoms with Crippen LogP contribution in [0.2, 0.25) is 15.1 Å². The van der Waals surface area contributed by atoms with Gasteiger partial charge in [0.05, 0.1) is 16.1 Å². The quantitative estimate of drug-likeness (QED) is 0.511. The Morgan fingerprint density at radius 1 is 1.24 bits per heavy atom. The molecular weight excluding hydrogens is 450 g/mol. The van der Waals surface area contributed by atoms with E-state index in [9.17, 15) is 18.0 Å². The van der Waals surface area contributed by atoms with Crippen molar-refractivity contribution in [1.82, 2.24) is 14.7 Å². The molecule has 0 saturated heterocycles. The van der Waals surface area contributed by atoms with E-state index in [2.05, 4.69) is 11.7 Å². The van der Waals surface area contributed by atoms with Gasteiger partial charge in [-0.15, -0.1) is 0 Å². The monoisotopic (exact) mass is 465 g/mol. The number of hydrogen-bond acceptors (Lipinski definition) is 2. The average Bonchev–Trinajstić information content (AvgIpc) is 3.39. The second-order valence-corrected chi connectivity index (χ2v) is 8.12. The van der Waals surface area contributed by atoms with Gasteiger partial charge in [-0.3, -0.25) is 4.79 Å².